The molecule has 0 aliphatic carbocycles. The zero-order valence-corrected chi connectivity index (χ0v) is 9.02. The van der Waals surface area contributed by atoms with Crippen molar-refractivity contribution in [2.75, 3.05) is 5.32 Å². The first-order chi connectivity index (χ1) is 9.25. The molecule has 0 aromatic carbocycles. The first kappa shape index (κ1) is 10.4. The maximum Gasteiger partial charge on any atom is 0.335 e. The van der Waals surface area contributed by atoms with Crippen molar-refractivity contribution in [1.29, 1.82) is 10.5 Å². The van der Waals surface area contributed by atoms with E-state index in [4.69, 9.17) is 17.1 Å². The van der Waals surface area contributed by atoms with Crippen LogP contribution in [0.1, 0.15) is 11.6 Å². The largest absolute Gasteiger partial charge is 0.412 e. The molecule has 1 aliphatic heterocycles. The molecule has 3 rings (SSSR count). The second-order valence-electron chi connectivity index (χ2n) is 3.25. The Balaban J connectivity index is 2.46. The highest BCUT2D eigenvalue weighted by Crippen LogP contribution is 2.12. The molecule has 0 amide bonds. The molecule has 19 heavy (non-hydrogen) atoms. The van der Waals surface area contributed by atoms with Gasteiger partial charge in [0.2, 0.25) is 0 Å². The van der Waals surface area contributed by atoms with Crippen LogP contribution in [-0.2, 0) is 0 Å². The normalized spacial score (nSPS) is 11.7. The molecule has 1 N–H and O–H groups in total. The Labute approximate surface area is 105 Å². The molecule has 0 radical (unpaired) electrons. The highest BCUT2D eigenvalue weighted by molar-refractivity contribution is 6.01. The molecule has 0 saturated carbocycles. The van der Waals surface area contributed by atoms with E-state index in [9.17, 15) is 0 Å². The van der Waals surface area contributed by atoms with Gasteiger partial charge in [-0.05, 0) is 0 Å². The molecule has 0 bridgehead atoms. The van der Waals surface area contributed by atoms with E-state index in [1.54, 1.807) is 12.1 Å². The lowest BCUT2D eigenvalue weighted by Crippen LogP contribution is -2.37. The van der Waals surface area contributed by atoms with E-state index in [1.165, 1.54) is 4.40 Å². The molecule has 0 unspecified atom stereocenters. The third-order valence-corrected chi connectivity index (χ3v) is 2.18. The number of nitrogens with one attached hydrogen (secondary N) is 1. The van der Waals surface area contributed by atoms with Crippen LogP contribution in [0, 0.1) is 29.2 Å². The van der Waals surface area contributed by atoms with Crippen molar-refractivity contribution in [2.45, 2.75) is 0 Å². The van der Waals surface area contributed by atoms with Gasteiger partial charge in [-0.25, -0.2) is 0 Å². The van der Waals surface area contributed by atoms with Crippen LogP contribution >= 0.6 is 0 Å². The summed E-state index contributed by atoms with van der Waals surface area (Å²) in [7, 11) is 0. The van der Waals surface area contributed by atoms with Gasteiger partial charge in [0, 0.05) is 0 Å². The van der Waals surface area contributed by atoms with Gasteiger partial charge in [0.05, 0.1) is 0 Å². The first-order valence-corrected chi connectivity index (χ1v) is 4.80. The van der Waals surface area contributed by atoms with Gasteiger partial charge in [-0.2, -0.15) is 19.9 Å². The van der Waals surface area contributed by atoms with Crippen LogP contribution < -0.4 is 9.72 Å². The van der Waals surface area contributed by atoms with Gasteiger partial charge >= 0.3 is 23.4 Å². The molecule has 10 nitrogen and oxygen atoms in total. The van der Waals surface area contributed by atoms with Gasteiger partial charge in [-0.1, -0.05) is 0 Å². The summed E-state index contributed by atoms with van der Waals surface area (Å²) in [5.41, 5.74) is 0. The van der Waals surface area contributed by atoms with Crippen molar-refractivity contribution in [3.8, 4) is 12.1 Å². The maximum atomic E-state index is 8.84. The van der Waals surface area contributed by atoms with Crippen LogP contribution in [0.15, 0.2) is 4.99 Å². The van der Waals surface area contributed by atoms with Gasteiger partial charge in [0.15, 0.2) is 12.1 Å². The number of hydrogen-bond donors (Lipinski definition) is 1. The minimum atomic E-state index is -0.154. The van der Waals surface area contributed by atoms with Gasteiger partial charge in [-0.3, -0.25) is 0 Å². The fourth-order valence-corrected chi connectivity index (χ4v) is 1.47. The predicted octanol–water partition coefficient (Wildman–Crippen LogP) is -0.919. The summed E-state index contributed by atoms with van der Waals surface area (Å²) >= 11 is 0. The third-order valence-electron chi connectivity index (χ3n) is 2.18. The average Bonchev–Trinajstić information content (AvgIpc) is 2.46. The molecule has 10 heteroatoms. The molecular formula is C9HN10+. The van der Waals surface area contributed by atoms with Crippen LogP contribution in [0.25, 0.3) is 10.6 Å². The number of guanidine groups is 1. The van der Waals surface area contributed by atoms with Gasteiger partial charge in [-0.15, -0.1) is 26.5 Å². The predicted molar refractivity (Wildman–Crippen MR) is 57.5 cm³/mol. The number of hydrogen-bond acceptors (Lipinski definition) is 8. The fourth-order valence-electron chi connectivity index (χ4n) is 1.47. The second-order valence-corrected chi connectivity index (χ2v) is 3.25. The summed E-state index contributed by atoms with van der Waals surface area (Å²) in [6.45, 7) is 6.93. The molecule has 0 atom stereocenters. The van der Waals surface area contributed by atoms with Crippen LogP contribution in [0.4, 0.5) is 11.9 Å². The summed E-state index contributed by atoms with van der Waals surface area (Å²) in [5.74, 6) is -0.0801. The smallest absolute Gasteiger partial charge is 0.335 e. The Hall–Kier alpha value is -3.71. The molecule has 86 valence electrons. The molecule has 0 saturated heterocycles. The molecule has 3 heterocycles. The van der Waals surface area contributed by atoms with Crippen molar-refractivity contribution >= 4 is 23.6 Å². The number of anilines is 1. The molecule has 2 aromatic rings. The van der Waals surface area contributed by atoms with E-state index in [1.807, 2.05) is 0 Å². The van der Waals surface area contributed by atoms with Crippen molar-refractivity contribution in [1.82, 2.24) is 19.9 Å². The Bertz CT molecular complexity index is 870. The lowest BCUT2D eigenvalue weighted by molar-refractivity contribution is -0.494. The lowest BCUT2D eigenvalue weighted by Gasteiger charge is -2.11. The molecule has 0 fully saturated rings. The number of nitriles is 2. The Morgan fingerprint density at radius 1 is 1.11 bits per heavy atom. The molecular weight excluding hydrogens is 248 g/mol. The van der Waals surface area contributed by atoms with Crippen LogP contribution in [0.3, 0.4) is 0 Å². The van der Waals surface area contributed by atoms with E-state index in [2.05, 4.69) is 35.1 Å². The fraction of sp³-hybridized carbons (Fsp3) is 0. The quantitative estimate of drug-likeness (QED) is 0.471. The topological polar surface area (TPSA) is 132 Å². The number of aliphatic imine (C=N–C) groups is 1. The van der Waals surface area contributed by atoms with Crippen LogP contribution in [-0.4, -0.2) is 25.9 Å². The monoisotopic (exact) mass is 249 g/mol. The summed E-state index contributed by atoms with van der Waals surface area (Å²) in [6, 6.07) is 3.53. The average molecular weight is 249 g/mol. The van der Waals surface area contributed by atoms with Crippen molar-refractivity contribution in [3.05, 3.63) is 23.1 Å². The Morgan fingerprint density at radius 2 is 1.79 bits per heavy atom. The Kier molecular flexibility index (Phi) is 2.01. The first-order valence-electron chi connectivity index (χ1n) is 4.80. The zero-order chi connectivity index (χ0) is 13.4. The minimum absolute atomic E-state index is 0.0587. The highest BCUT2D eigenvalue weighted by atomic mass is 15.4. The number of rotatable bonds is 0. The zero-order valence-electron chi connectivity index (χ0n) is 9.02. The van der Waals surface area contributed by atoms with Crippen LogP contribution in [0.2, 0.25) is 0 Å². The van der Waals surface area contributed by atoms with Crippen molar-refractivity contribution in [3.63, 3.8) is 0 Å². The third kappa shape index (κ3) is 1.47. The molecule has 0 spiro atoms. The number of nitrogens with zero attached hydrogens (tertiary/aromatic N) is 9. The van der Waals surface area contributed by atoms with Gasteiger partial charge < -0.3 is 10.2 Å². The summed E-state index contributed by atoms with van der Waals surface area (Å²) in [5, 5.41) is 20.3. The second kappa shape index (κ2) is 3.65. The molecule has 1 aliphatic rings. The van der Waals surface area contributed by atoms with E-state index >= 15 is 0 Å². The van der Waals surface area contributed by atoms with E-state index < -0.39 is 0 Å². The SMILES string of the molecule is [C-]#[N+]C1=Nc2nc(C#N)nc3nc(C#N)nc([n+]23)N1. The standard InChI is InChI=1S/C9N10/c1-12-6-17-8-15-4(2-10)13-7-14-5(3-11)16-9(18-6)19(7)8/p+1. The van der Waals surface area contributed by atoms with Crippen molar-refractivity contribution in [2.24, 2.45) is 4.99 Å². The van der Waals surface area contributed by atoms with E-state index in [-0.39, 0.29) is 35.3 Å². The van der Waals surface area contributed by atoms with E-state index in [0.717, 1.165) is 0 Å². The highest BCUT2D eigenvalue weighted by Gasteiger charge is 2.24. The van der Waals surface area contributed by atoms with Crippen molar-refractivity contribution < 1.29 is 4.40 Å². The summed E-state index contributed by atoms with van der Waals surface area (Å²) in [6.07, 6.45) is 0. The van der Waals surface area contributed by atoms with E-state index in [0.29, 0.717) is 0 Å². The lowest BCUT2D eigenvalue weighted by atomic mass is 10.6. The maximum absolute atomic E-state index is 8.84. The summed E-state index contributed by atoms with van der Waals surface area (Å²) < 4.78 is 1.32. The minimum Gasteiger partial charge on any atom is -0.412 e. The van der Waals surface area contributed by atoms with Gasteiger partial charge in [0.1, 0.15) is 0 Å². The summed E-state index contributed by atoms with van der Waals surface area (Å²) in [4.78, 5) is 22.5. The Morgan fingerprint density at radius 3 is 2.42 bits per heavy atom. The van der Waals surface area contributed by atoms with Crippen LogP contribution in [0.5, 0.6) is 0 Å². The van der Waals surface area contributed by atoms with Gasteiger partial charge in [0.25, 0.3) is 11.9 Å². The molecule has 2 aromatic heterocycles. The number of aromatic nitrogens is 5.